The van der Waals surface area contributed by atoms with Crippen LogP contribution in [0, 0.1) is 0 Å². The molecule has 0 unspecified atom stereocenters. The van der Waals surface area contributed by atoms with Crippen LogP contribution in [-0.2, 0) is 0 Å². The molecule has 0 radical (unpaired) electrons. The predicted octanol–water partition coefficient (Wildman–Crippen LogP) is 23.0. The van der Waals surface area contributed by atoms with Crippen LogP contribution < -0.4 is 48.5 Å². The van der Waals surface area contributed by atoms with Crippen molar-refractivity contribution in [3.63, 3.8) is 0 Å². The number of benzene rings is 3. The van der Waals surface area contributed by atoms with Crippen LogP contribution in [0.5, 0.6) is 46.0 Å². The number of hydrogen-bond donors (Lipinski definition) is 2. The Hall–Kier alpha value is -5.00. The second-order valence-corrected chi connectivity index (χ2v) is 24.6. The van der Waals surface area contributed by atoms with Crippen molar-refractivity contribution < 1.29 is 47.5 Å². The number of amides is 2. The minimum atomic E-state index is -0.424. The largest absolute Gasteiger partial charge is 0.493 e. The molecule has 0 aliphatic rings. The van der Waals surface area contributed by atoms with E-state index in [2.05, 4.69) is 52.2 Å². The number of carbonyl (C=O) groups is 2. The molecular weight excluding hydrogens is 1100 g/mol. The van der Waals surface area contributed by atoms with Gasteiger partial charge in [0.15, 0.2) is 34.5 Å². The maximum Gasteiger partial charge on any atom is 0.256 e. The topological polar surface area (TPSA) is 132 Å². The van der Waals surface area contributed by atoms with Gasteiger partial charge in [-0.25, -0.2) is 0 Å². The minimum absolute atomic E-state index is 0.312. The third-order valence-electron chi connectivity index (χ3n) is 16.6. The van der Waals surface area contributed by atoms with Crippen molar-refractivity contribution in [3.05, 3.63) is 47.5 Å². The van der Waals surface area contributed by atoms with Gasteiger partial charge in [0.25, 0.3) is 11.8 Å². The Kier molecular flexibility index (Phi) is 46.3. The number of carbonyl (C=O) groups excluding carboxylic acids is 2. The van der Waals surface area contributed by atoms with E-state index < -0.39 is 11.8 Å². The molecule has 0 saturated carbocycles. The summed E-state index contributed by atoms with van der Waals surface area (Å²) in [5.41, 5.74) is 1.28. The van der Waals surface area contributed by atoms with Crippen LogP contribution in [0.25, 0.3) is 0 Å². The molecule has 0 aliphatic heterocycles. The van der Waals surface area contributed by atoms with E-state index in [1.165, 1.54) is 167 Å². The maximum atomic E-state index is 14.9. The van der Waals surface area contributed by atoms with Crippen molar-refractivity contribution >= 4 is 23.2 Å². The lowest BCUT2D eigenvalue weighted by molar-refractivity contribution is 0.101. The fourth-order valence-corrected chi connectivity index (χ4v) is 11.0. The molecule has 0 heterocycles. The Labute approximate surface area is 537 Å². The SMILES string of the molecule is CCCCCCCCCOc1cc(C(=O)Nc2cc(OC)c(OC)cc2NC(=O)c2cc(OCCCCCCCCC)c(OCCCCCCCCC)c(OCCCCCCCCC)c2)cc(OCCCCCCCCC)c1OCCCCCCCCC. The lowest BCUT2D eigenvalue weighted by atomic mass is 10.1. The molecule has 502 valence electrons. The van der Waals surface area contributed by atoms with E-state index in [9.17, 15) is 9.59 Å². The molecule has 3 rings (SSSR count). The molecule has 88 heavy (non-hydrogen) atoms. The summed E-state index contributed by atoms with van der Waals surface area (Å²) in [6, 6.07) is 10.4. The number of anilines is 2. The number of rotatable bonds is 60. The van der Waals surface area contributed by atoms with Gasteiger partial charge in [-0.15, -0.1) is 0 Å². The van der Waals surface area contributed by atoms with Gasteiger partial charge >= 0.3 is 0 Å². The van der Waals surface area contributed by atoms with Crippen LogP contribution in [0.4, 0.5) is 11.4 Å². The number of methoxy groups -OCH3 is 2. The highest BCUT2D eigenvalue weighted by Gasteiger charge is 2.24. The van der Waals surface area contributed by atoms with E-state index >= 15 is 0 Å². The van der Waals surface area contributed by atoms with Gasteiger partial charge in [-0.2, -0.15) is 0 Å². The molecule has 12 nitrogen and oxygen atoms in total. The summed E-state index contributed by atoms with van der Waals surface area (Å²) in [5, 5.41) is 6.29. The highest BCUT2D eigenvalue weighted by Crippen LogP contribution is 2.43. The standard InChI is InChI=1S/C76H128N2O10/c1-9-15-21-27-33-39-45-51-83-69-57-63(58-70(84-52-46-40-34-28-22-16-10-2)73(69)87-55-49-43-37-31-25-19-13-5)75(79)77-65-61-67(81-7)68(82-8)62-66(65)78-76(80)64-59-71(85-53-47-41-35-29-23-17-11-3)74(88-56-50-44-38-32-26-20-14-6)72(60-64)86-54-48-42-36-30-24-18-12-4/h57-62H,9-56H2,1-8H3,(H,77,79)(H,78,80). The number of ether oxygens (including phenoxy) is 8. The second-order valence-electron chi connectivity index (χ2n) is 24.6. The van der Waals surface area contributed by atoms with Crippen LogP contribution in [0.2, 0.25) is 0 Å². The first kappa shape index (κ1) is 77.2. The van der Waals surface area contributed by atoms with E-state index in [1.807, 2.05) is 0 Å². The lowest BCUT2D eigenvalue weighted by Gasteiger charge is -2.20. The summed E-state index contributed by atoms with van der Waals surface area (Å²) < 4.78 is 51.4. The Morgan fingerprint density at radius 3 is 0.659 bits per heavy atom. The fourth-order valence-electron chi connectivity index (χ4n) is 11.0. The third kappa shape index (κ3) is 34.3. The first-order valence-corrected chi connectivity index (χ1v) is 36.3. The van der Waals surface area contributed by atoms with Crippen molar-refractivity contribution in [1.82, 2.24) is 0 Å². The zero-order valence-corrected chi connectivity index (χ0v) is 57.5. The van der Waals surface area contributed by atoms with Gasteiger partial charge in [-0.1, -0.05) is 273 Å². The smallest absolute Gasteiger partial charge is 0.256 e. The van der Waals surface area contributed by atoms with Gasteiger partial charge in [-0.05, 0) is 62.8 Å². The van der Waals surface area contributed by atoms with Gasteiger partial charge < -0.3 is 48.5 Å². The molecule has 2 amide bonds. The molecule has 3 aromatic carbocycles. The van der Waals surface area contributed by atoms with E-state index in [1.54, 1.807) is 50.6 Å². The zero-order valence-electron chi connectivity index (χ0n) is 57.5. The van der Waals surface area contributed by atoms with E-state index in [0.29, 0.717) is 108 Å². The number of unbranched alkanes of at least 4 members (excludes halogenated alkanes) is 36. The monoisotopic (exact) mass is 1230 g/mol. The van der Waals surface area contributed by atoms with Crippen LogP contribution in [0.3, 0.4) is 0 Å². The average Bonchev–Trinajstić information content (AvgIpc) is 1.33. The molecule has 0 fully saturated rings. The highest BCUT2D eigenvalue weighted by atomic mass is 16.6. The van der Waals surface area contributed by atoms with Gasteiger partial charge in [0.2, 0.25) is 11.5 Å². The molecule has 0 spiro atoms. The van der Waals surface area contributed by atoms with Crippen molar-refractivity contribution in [2.75, 3.05) is 64.5 Å². The van der Waals surface area contributed by atoms with E-state index in [4.69, 9.17) is 37.9 Å². The molecule has 2 N–H and O–H groups in total. The zero-order chi connectivity index (χ0) is 63.3. The van der Waals surface area contributed by atoms with Crippen molar-refractivity contribution in [2.45, 2.75) is 311 Å². The Bertz CT molecular complexity index is 1980. The number of nitrogens with one attached hydrogen (secondary N) is 2. The molecule has 0 bridgehead atoms. The fraction of sp³-hybridized carbons (Fsp3) is 0.737. The predicted molar refractivity (Wildman–Crippen MR) is 369 cm³/mol. The Balaban J connectivity index is 2.08. The summed E-state index contributed by atoms with van der Waals surface area (Å²) in [6.07, 6.45) is 48.6. The van der Waals surface area contributed by atoms with Gasteiger partial charge in [0, 0.05) is 23.3 Å². The van der Waals surface area contributed by atoms with Crippen molar-refractivity contribution in [3.8, 4) is 46.0 Å². The minimum Gasteiger partial charge on any atom is -0.493 e. The summed E-state index contributed by atoms with van der Waals surface area (Å²) in [4.78, 5) is 29.9. The molecule has 0 atom stereocenters. The van der Waals surface area contributed by atoms with Gasteiger partial charge in [0.05, 0.1) is 65.2 Å². The summed E-state index contributed by atoms with van der Waals surface area (Å²) in [6.45, 7) is 16.5. The summed E-state index contributed by atoms with van der Waals surface area (Å²) in [5.74, 6) is 2.95. The van der Waals surface area contributed by atoms with Crippen LogP contribution in [-0.4, -0.2) is 65.7 Å². The number of hydrogen-bond acceptors (Lipinski definition) is 10. The van der Waals surface area contributed by atoms with Crippen molar-refractivity contribution in [2.24, 2.45) is 0 Å². The van der Waals surface area contributed by atoms with Gasteiger partial charge in [0.1, 0.15) is 0 Å². The second kappa shape index (κ2) is 52.7. The maximum absolute atomic E-state index is 14.9. The average molecular weight is 1230 g/mol. The van der Waals surface area contributed by atoms with Crippen LogP contribution >= 0.6 is 0 Å². The molecule has 0 saturated heterocycles. The van der Waals surface area contributed by atoms with E-state index in [-0.39, 0.29) is 0 Å². The highest BCUT2D eigenvalue weighted by molar-refractivity contribution is 6.11. The van der Waals surface area contributed by atoms with E-state index in [0.717, 1.165) is 103 Å². The molecule has 12 heteroatoms. The lowest BCUT2D eigenvalue weighted by Crippen LogP contribution is -2.18. The van der Waals surface area contributed by atoms with Crippen LogP contribution in [0.15, 0.2) is 36.4 Å². The first-order valence-electron chi connectivity index (χ1n) is 36.3. The summed E-state index contributed by atoms with van der Waals surface area (Å²) in [7, 11) is 3.10. The molecular formula is C76H128N2O10. The van der Waals surface area contributed by atoms with Crippen LogP contribution in [0.1, 0.15) is 332 Å². The quantitative estimate of drug-likeness (QED) is 0.0527. The normalized spacial score (nSPS) is 11.2. The molecule has 0 aliphatic carbocycles. The Morgan fingerprint density at radius 1 is 0.261 bits per heavy atom. The van der Waals surface area contributed by atoms with Gasteiger partial charge in [-0.3, -0.25) is 9.59 Å². The molecule has 3 aromatic rings. The molecule has 0 aromatic heterocycles. The van der Waals surface area contributed by atoms with Crippen molar-refractivity contribution in [1.29, 1.82) is 0 Å². The first-order chi connectivity index (χ1) is 43.3. The third-order valence-corrected chi connectivity index (χ3v) is 16.6. The summed E-state index contributed by atoms with van der Waals surface area (Å²) >= 11 is 0. The Morgan fingerprint density at radius 2 is 0.455 bits per heavy atom.